The molecule has 2 N–H and O–H groups in total. The first-order valence-corrected chi connectivity index (χ1v) is 8.85. The second kappa shape index (κ2) is 5.96. The summed E-state index contributed by atoms with van der Waals surface area (Å²) in [6.45, 7) is 0.125. The zero-order chi connectivity index (χ0) is 15.7. The fourth-order valence-corrected chi connectivity index (χ4v) is 3.96. The van der Waals surface area contributed by atoms with Gasteiger partial charge in [-0.2, -0.15) is 0 Å². The van der Waals surface area contributed by atoms with Crippen LogP contribution in [0.1, 0.15) is 5.56 Å². The summed E-state index contributed by atoms with van der Waals surface area (Å²) in [6.07, 6.45) is 3.39. The van der Waals surface area contributed by atoms with Crippen LogP contribution in [0.2, 0.25) is 5.15 Å². The molecule has 22 heavy (non-hydrogen) atoms. The third kappa shape index (κ3) is 3.14. The highest BCUT2D eigenvalue weighted by atomic mass is 79.9. The Bertz CT molecular complexity index is 922. The first kappa shape index (κ1) is 15.4. The number of H-pyrrole nitrogens is 1. The highest BCUT2D eigenvalue weighted by Crippen LogP contribution is 2.20. The van der Waals surface area contributed by atoms with E-state index in [1.165, 1.54) is 12.1 Å². The van der Waals surface area contributed by atoms with E-state index < -0.39 is 10.0 Å². The zero-order valence-electron chi connectivity index (χ0n) is 11.0. The molecule has 0 aliphatic heterocycles. The van der Waals surface area contributed by atoms with Gasteiger partial charge in [0.05, 0.1) is 0 Å². The van der Waals surface area contributed by atoms with Crippen LogP contribution < -0.4 is 4.72 Å². The van der Waals surface area contributed by atoms with Gasteiger partial charge in [-0.3, -0.25) is 0 Å². The molecule has 0 radical (unpaired) electrons. The van der Waals surface area contributed by atoms with Crippen LogP contribution in [0.25, 0.3) is 11.0 Å². The van der Waals surface area contributed by atoms with Crippen molar-refractivity contribution in [2.24, 2.45) is 0 Å². The van der Waals surface area contributed by atoms with Gasteiger partial charge in [-0.1, -0.05) is 27.5 Å². The average molecular weight is 402 g/mol. The van der Waals surface area contributed by atoms with Crippen LogP contribution in [0.5, 0.6) is 0 Å². The maximum Gasteiger partial charge on any atom is 0.258 e. The maximum atomic E-state index is 12.3. The van der Waals surface area contributed by atoms with Gasteiger partial charge in [0.15, 0.2) is 5.03 Å². The van der Waals surface area contributed by atoms with Gasteiger partial charge in [-0.05, 0) is 29.8 Å². The minimum absolute atomic E-state index is 0.103. The first-order chi connectivity index (χ1) is 10.5. The Hall–Kier alpha value is -1.48. The van der Waals surface area contributed by atoms with Crippen molar-refractivity contribution in [1.29, 1.82) is 0 Å². The molecule has 9 heteroatoms. The molecule has 3 heterocycles. The lowest BCUT2D eigenvalue weighted by Gasteiger charge is -2.06. The zero-order valence-corrected chi connectivity index (χ0v) is 14.2. The molecule has 0 fully saturated rings. The van der Waals surface area contributed by atoms with Crippen molar-refractivity contribution in [2.75, 3.05) is 0 Å². The number of rotatable bonds is 4. The topological polar surface area (TPSA) is 87.7 Å². The third-order valence-corrected chi connectivity index (χ3v) is 4.94. The Morgan fingerprint density at radius 2 is 2.18 bits per heavy atom. The number of aromatic amines is 1. The molecule has 0 aliphatic rings. The van der Waals surface area contributed by atoms with Gasteiger partial charge in [0.1, 0.15) is 10.8 Å². The molecular formula is C13H10BrClN4O2S. The molecule has 0 atom stereocenters. The van der Waals surface area contributed by atoms with Crippen LogP contribution >= 0.6 is 27.5 Å². The minimum Gasteiger partial charge on any atom is -0.346 e. The summed E-state index contributed by atoms with van der Waals surface area (Å²) in [5.41, 5.74) is 1.51. The van der Waals surface area contributed by atoms with Crippen LogP contribution in [0, 0.1) is 0 Å². The molecule has 0 bridgehead atoms. The lowest BCUT2D eigenvalue weighted by atomic mass is 10.2. The van der Waals surface area contributed by atoms with E-state index in [0.717, 1.165) is 10.9 Å². The van der Waals surface area contributed by atoms with Crippen LogP contribution in [0.4, 0.5) is 0 Å². The number of hydrogen-bond acceptors (Lipinski definition) is 4. The fourth-order valence-electron chi connectivity index (χ4n) is 1.99. The molecule has 0 unspecified atom stereocenters. The number of nitrogens with zero attached hydrogens (tertiary/aromatic N) is 2. The van der Waals surface area contributed by atoms with Gasteiger partial charge < -0.3 is 4.98 Å². The molecule has 0 saturated carbocycles. The summed E-state index contributed by atoms with van der Waals surface area (Å²) in [4.78, 5) is 11.0. The molecule has 0 saturated heterocycles. The van der Waals surface area contributed by atoms with Crippen molar-refractivity contribution >= 4 is 48.6 Å². The van der Waals surface area contributed by atoms with Crippen LogP contribution in [-0.2, 0) is 16.6 Å². The first-order valence-electron chi connectivity index (χ1n) is 6.19. The predicted molar refractivity (Wildman–Crippen MR) is 87.1 cm³/mol. The SMILES string of the molecule is O=S(=O)(NCc1c[nH]c2ncccc12)c1cc(Br)cc(Cl)n1. The second-order valence-corrected chi connectivity index (χ2v) is 7.50. The predicted octanol–water partition coefficient (Wildman–Crippen LogP) is 2.85. The Morgan fingerprint density at radius 3 is 2.95 bits per heavy atom. The molecule has 3 aromatic rings. The number of nitrogens with one attached hydrogen (secondary N) is 2. The van der Waals surface area contributed by atoms with Crippen LogP contribution in [0.3, 0.4) is 0 Å². The Labute approximate surface area is 140 Å². The second-order valence-electron chi connectivity index (χ2n) is 4.48. The fraction of sp³-hybridized carbons (Fsp3) is 0.0769. The summed E-state index contributed by atoms with van der Waals surface area (Å²) in [6, 6.07) is 6.58. The van der Waals surface area contributed by atoms with Gasteiger partial charge >= 0.3 is 0 Å². The van der Waals surface area contributed by atoms with Crippen LogP contribution in [-0.4, -0.2) is 23.4 Å². The standard InChI is InChI=1S/C13H10BrClN4O2S/c14-9-4-11(15)19-12(5-9)22(20,21)18-7-8-6-17-13-10(8)2-1-3-16-13/h1-6,18H,7H2,(H,16,17). The van der Waals surface area contributed by atoms with E-state index in [-0.39, 0.29) is 16.7 Å². The monoisotopic (exact) mass is 400 g/mol. The number of sulfonamides is 1. The molecule has 6 nitrogen and oxygen atoms in total. The minimum atomic E-state index is -3.76. The Kier molecular flexibility index (Phi) is 4.18. The van der Waals surface area contributed by atoms with Crippen molar-refractivity contribution in [1.82, 2.24) is 19.7 Å². The summed E-state index contributed by atoms with van der Waals surface area (Å²) >= 11 is 8.99. The van der Waals surface area contributed by atoms with Gasteiger partial charge in [0.2, 0.25) is 0 Å². The van der Waals surface area contributed by atoms with Crippen molar-refractivity contribution < 1.29 is 8.42 Å². The van der Waals surface area contributed by atoms with E-state index in [1.807, 2.05) is 6.07 Å². The average Bonchev–Trinajstić information content (AvgIpc) is 2.87. The largest absolute Gasteiger partial charge is 0.346 e. The molecule has 0 aromatic carbocycles. The van der Waals surface area contributed by atoms with Gasteiger partial charge in [-0.25, -0.2) is 23.1 Å². The van der Waals surface area contributed by atoms with E-state index in [2.05, 4.69) is 35.6 Å². The maximum absolute atomic E-state index is 12.3. The van der Waals surface area contributed by atoms with Crippen molar-refractivity contribution in [3.8, 4) is 0 Å². The Morgan fingerprint density at radius 1 is 1.36 bits per heavy atom. The summed E-state index contributed by atoms with van der Waals surface area (Å²) in [5.74, 6) is 0. The van der Waals surface area contributed by atoms with E-state index in [0.29, 0.717) is 10.1 Å². The molecule has 3 aromatic heterocycles. The van der Waals surface area contributed by atoms with E-state index in [1.54, 1.807) is 18.5 Å². The van der Waals surface area contributed by atoms with Crippen LogP contribution in [0.15, 0.2) is 46.2 Å². The van der Waals surface area contributed by atoms with Gasteiger partial charge in [-0.15, -0.1) is 0 Å². The van der Waals surface area contributed by atoms with E-state index in [9.17, 15) is 8.42 Å². The molecule has 0 aliphatic carbocycles. The summed E-state index contributed by atoms with van der Waals surface area (Å²) in [5, 5.41) is 0.835. The lowest BCUT2D eigenvalue weighted by molar-refractivity contribution is 0.577. The molecule has 114 valence electrons. The van der Waals surface area contributed by atoms with Crippen molar-refractivity contribution in [3.63, 3.8) is 0 Å². The number of hydrogen-bond donors (Lipinski definition) is 2. The lowest BCUT2D eigenvalue weighted by Crippen LogP contribution is -2.24. The third-order valence-electron chi connectivity index (χ3n) is 3.00. The smallest absolute Gasteiger partial charge is 0.258 e. The number of aromatic nitrogens is 3. The molecular weight excluding hydrogens is 392 g/mol. The Balaban J connectivity index is 1.86. The quantitative estimate of drug-likeness (QED) is 0.658. The highest BCUT2D eigenvalue weighted by Gasteiger charge is 2.18. The highest BCUT2D eigenvalue weighted by molar-refractivity contribution is 9.10. The molecule has 0 amide bonds. The van der Waals surface area contributed by atoms with Gasteiger partial charge in [0.25, 0.3) is 10.0 Å². The summed E-state index contributed by atoms with van der Waals surface area (Å²) < 4.78 is 27.6. The molecule has 3 rings (SSSR count). The van der Waals surface area contributed by atoms with Crippen molar-refractivity contribution in [2.45, 2.75) is 11.6 Å². The normalized spacial score (nSPS) is 11.9. The molecule has 0 spiro atoms. The number of halogens is 2. The number of fused-ring (bicyclic) bond motifs is 1. The van der Waals surface area contributed by atoms with Gasteiger partial charge in [0, 0.05) is 28.8 Å². The summed E-state index contributed by atoms with van der Waals surface area (Å²) in [7, 11) is -3.76. The number of pyridine rings is 2. The van der Waals surface area contributed by atoms with E-state index in [4.69, 9.17) is 11.6 Å². The van der Waals surface area contributed by atoms with Crippen molar-refractivity contribution in [3.05, 3.63) is 51.8 Å². The van der Waals surface area contributed by atoms with E-state index >= 15 is 0 Å².